The highest BCUT2D eigenvalue weighted by Gasteiger charge is 2.42. The minimum Gasteiger partial charge on any atom is -0.497 e. The van der Waals surface area contributed by atoms with Gasteiger partial charge in [0.05, 0.1) is 24.7 Å². The second-order valence-electron chi connectivity index (χ2n) is 10.7. The number of ether oxygens (including phenoxy) is 3. The van der Waals surface area contributed by atoms with Crippen molar-refractivity contribution in [2.24, 2.45) is 0 Å². The third-order valence-corrected chi connectivity index (χ3v) is 7.99. The summed E-state index contributed by atoms with van der Waals surface area (Å²) in [5.41, 5.74) is 5.52. The van der Waals surface area contributed by atoms with Gasteiger partial charge in [0.2, 0.25) is 0 Å². The Hall–Kier alpha value is -4.32. The number of rotatable bonds is 9. The van der Waals surface area contributed by atoms with Gasteiger partial charge in [-0.05, 0) is 61.9 Å². The van der Waals surface area contributed by atoms with Gasteiger partial charge >= 0.3 is 5.97 Å². The smallest absolute Gasteiger partial charge is 0.337 e. The summed E-state index contributed by atoms with van der Waals surface area (Å²) < 4.78 is 17.5. The van der Waals surface area contributed by atoms with E-state index < -0.39 is 11.9 Å². The molecule has 1 aliphatic carbocycles. The lowest BCUT2D eigenvalue weighted by molar-refractivity contribution is -0.144. The number of methoxy groups -OCH3 is 1. The molecule has 1 heterocycles. The summed E-state index contributed by atoms with van der Waals surface area (Å²) in [7, 11) is 1.64. The van der Waals surface area contributed by atoms with E-state index in [0.29, 0.717) is 48.5 Å². The number of hydrogen-bond acceptors (Lipinski definition) is 6. The predicted molar refractivity (Wildman–Crippen MR) is 159 cm³/mol. The van der Waals surface area contributed by atoms with Crippen LogP contribution in [0, 0.1) is 0 Å². The molecule has 1 N–H and O–H groups in total. The van der Waals surface area contributed by atoms with E-state index >= 15 is 0 Å². The van der Waals surface area contributed by atoms with Gasteiger partial charge in [-0.2, -0.15) is 0 Å². The number of hydrogen-bond donors (Lipinski definition) is 1. The molecule has 0 spiro atoms. The first-order valence-electron chi connectivity index (χ1n) is 14.2. The molecule has 6 nitrogen and oxygen atoms in total. The van der Waals surface area contributed by atoms with E-state index in [4.69, 9.17) is 14.2 Å². The van der Waals surface area contributed by atoms with Crippen molar-refractivity contribution in [1.82, 2.24) is 5.32 Å². The molecule has 3 aromatic carbocycles. The Balaban J connectivity index is 1.56. The van der Waals surface area contributed by atoms with Crippen LogP contribution in [0.1, 0.15) is 68.6 Å². The highest BCUT2D eigenvalue weighted by atomic mass is 16.5. The van der Waals surface area contributed by atoms with Crippen LogP contribution in [0.25, 0.3) is 0 Å². The summed E-state index contributed by atoms with van der Waals surface area (Å²) in [6.07, 6.45) is 1.46. The third-order valence-electron chi connectivity index (χ3n) is 7.99. The van der Waals surface area contributed by atoms with E-state index in [1.165, 1.54) is 0 Å². The van der Waals surface area contributed by atoms with Crippen LogP contribution in [-0.4, -0.2) is 25.0 Å². The topological polar surface area (TPSA) is 73.9 Å². The van der Waals surface area contributed by atoms with Crippen LogP contribution >= 0.6 is 0 Å². The first-order chi connectivity index (χ1) is 19.9. The lowest BCUT2D eigenvalue weighted by atomic mass is 9.71. The zero-order valence-electron chi connectivity index (χ0n) is 24.1. The normalized spacial score (nSPS) is 19.3. The zero-order valence-corrected chi connectivity index (χ0v) is 24.1. The van der Waals surface area contributed by atoms with E-state index in [1.54, 1.807) is 7.11 Å². The van der Waals surface area contributed by atoms with Crippen molar-refractivity contribution in [3.63, 3.8) is 0 Å². The largest absolute Gasteiger partial charge is 0.497 e. The number of ketones is 1. The molecule has 2 aliphatic rings. The van der Waals surface area contributed by atoms with Gasteiger partial charge in [-0.1, -0.05) is 67.6 Å². The lowest BCUT2D eigenvalue weighted by Gasteiger charge is -2.37. The van der Waals surface area contributed by atoms with Crippen molar-refractivity contribution < 1.29 is 23.8 Å². The molecule has 41 heavy (non-hydrogen) atoms. The monoisotopic (exact) mass is 551 g/mol. The molecule has 212 valence electrons. The molecular formula is C35H37NO5. The second-order valence-corrected chi connectivity index (χ2v) is 10.7. The van der Waals surface area contributed by atoms with Crippen molar-refractivity contribution >= 4 is 11.8 Å². The van der Waals surface area contributed by atoms with E-state index in [-0.39, 0.29) is 17.8 Å². The summed E-state index contributed by atoms with van der Waals surface area (Å²) >= 11 is 0. The molecule has 1 aliphatic heterocycles. The van der Waals surface area contributed by atoms with Crippen LogP contribution < -0.4 is 14.8 Å². The third kappa shape index (κ3) is 6.07. The van der Waals surface area contributed by atoms with Gasteiger partial charge in [-0.3, -0.25) is 4.79 Å². The van der Waals surface area contributed by atoms with Gasteiger partial charge < -0.3 is 19.5 Å². The molecule has 0 aromatic heterocycles. The number of nitrogens with one attached hydrogen (secondary N) is 1. The predicted octanol–water partition coefficient (Wildman–Crippen LogP) is 6.98. The van der Waals surface area contributed by atoms with E-state index in [0.717, 1.165) is 28.1 Å². The lowest BCUT2D eigenvalue weighted by Crippen LogP contribution is -2.36. The highest BCUT2D eigenvalue weighted by molar-refractivity contribution is 6.04. The minimum absolute atomic E-state index is 0.0174. The van der Waals surface area contributed by atoms with E-state index in [1.807, 2.05) is 99.6 Å². The van der Waals surface area contributed by atoms with Gasteiger partial charge in [0.15, 0.2) is 5.78 Å². The fourth-order valence-corrected chi connectivity index (χ4v) is 5.65. The maximum atomic E-state index is 14.0. The molecule has 0 radical (unpaired) electrons. The Bertz CT molecular complexity index is 1470. The molecule has 0 amide bonds. The molecule has 0 saturated carbocycles. The molecule has 3 unspecified atom stereocenters. The van der Waals surface area contributed by atoms with Crippen molar-refractivity contribution in [2.75, 3.05) is 7.11 Å². The fraction of sp³-hybridized carbons (Fsp3) is 0.314. The van der Waals surface area contributed by atoms with Crippen molar-refractivity contribution in [2.45, 2.75) is 64.6 Å². The summed E-state index contributed by atoms with van der Waals surface area (Å²) in [4.78, 5) is 27.7. The van der Waals surface area contributed by atoms with Gasteiger partial charge in [0, 0.05) is 29.0 Å². The van der Waals surface area contributed by atoms with Gasteiger partial charge in [-0.15, -0.1) is 0 Å². The Kier molecular flexibility index (Phi) is 8.58. The number of para-hydroxylation sites is 1. The summed E-state index contributed by atoms with van der Waals surface area (Å²) in [6, 6.07) is 25.5. The molecule has 0 bridgehead atoms. The van der Waals surface area contributed by atoms with Crippen molar-refractivity contribution in [3.8, 4) is 11.5 Å². The number of allylic oxidation sites excluding steroid dienone is 3. The standard InChI is InChI=1S/C35H37NO5/c1-5-22(2)41-35(38)32-23(3)36-29-19-26(25-15-17-27(39-4)18-16-25)20-30(37)34(29)33(32)28-13-9-10-14-31(28)40-21-24-11-7-6-8-12-24/h6-18,22,26,33,36H,5,19-21H2,1-4H3. The van der Waals surface area contributed by atoms with Crippen LogP contribution in [0.4, 0.5) is 0 Å². The second kappa shape index (κ2) is 12.5. The maximum Gasteiger partial charge on any atom is 0.337 e. The Morgan fingerprint density at radius 1 is 0.976 bits per heavy atom. The number of benzene rings is 3. The minimum atomic E-state index is -0.598. The molecule has 6 heteroatoms. The number of carbonyl (C=O) groups is 2. The van der Waals surface area contributed by atoms with Gasteiger partial charge in [-0.25, -0.2) is 4.79 Å². The first kappa shape index (κ1) is 28.2. The van der Waals surface area contributed by atoms with E-state index in [9.17, 15) is 9.59 Å². The molecule has 5 rings (SSSR count). The van der Waals surface area contributed by atoms with Crippen LogP contribution in [0.3, 0.4) is 0 Å². The summed E-state index contributed by atoms with van der Waals surface area (Å²) in [5, 5.41) is 3.44. The Morgan fingerprint density at radius 3 is 2.39 bits per heavy atom. The Morgan fingerprint density at radius 2 is 1.68 bits per heavy atom. The number of dihydropyridines is 1. The van der Waals surface area contributed by atoms with Gasteiger partial charge in [0.25, 0.3) is 0 Å². The Labute approximate surface area is 242 Å². The SMILES string of the molecule is CCC(C)OC(=O)C1=C(C)NC2=C(C(=O)CC(c3ccc(OC)cc3)C2)C1c1ccccc1OCc1ccccc1. The van der Waals surface area contributed by atoms with Crippen LogP contribution in [0.2, 0.25) is 0 Å². The van der Waals surface area contributed by atoms with Crippen molar-refractivity contribution in [1.29, 1.82) is 0 Å². The molecule has 0 fully saturated rings. The molecular weight excluding hydrogens is 514 g/mol. The number of Topliss-reactive ketones (excluding diaryl/α,β-unsaturated/α-hetero) is 1. The average molecular weight is 552 g/mol. The van der Waals surface area contributed by atoms with Gasteiger partial charge in [0.1, 0.15) is 18.1 Å². The van der Waals surface area contributed by atoms with Crippen molar-refractivity contribution in [3.05, 3.63) is 118 Å². The maximum absolute atomic E-state index is 14.0. The van der Waals surface area contributed by atoms with Crippen LogP contribution in [-0.2, 0) is 20.9 Å². The summed E-state index contributed by atoms with van der Waals surface area (Å²) in [5.74, 6) is 0.446. The summed E-state index contributed by atoms with van der Waals surface area (Å²) in [6.45, 7) is 6.12. The number of esters is 1. The fourth-order valence-electron chi connectivity index (χ4n) is 5.65. The van der Waals surface area contributed by atoms with Crippen LogP contribution in [0.5, 0.6) is 11.5 Å². The number of carbonyl (C=O) groups excluding carboxylic acids is 2. The average Bonchev–Trinajstić information content (AvgIpc) is 2.99. The highest BCUT2D eigenvalue weighted by Crippen LogP contribution is 2.48. The molecule has 3 atom stereocenters. The first-order valence-corrected chi connectivity index (χ1v) is 14.2. The van der Waals surface area contributed by atoms with Crippen LogP contribution in [0.15, 0.2) is 101 Å². The van der Waals surface area contributed by atoms with E-state index in [2.05, 4.69) is 5.32 Å². The molecule has 0 saturated heterocycles. The zero-order chi connectivity index (χ0) is 28.9. The molecule has 3 aromatic rings. The quantitative estimate of drug-likeness (QED) is 0.289.